The van der Waals surface area contributed by atoms with Crippen LogP contribution < -0.4 is 15.0 Å². The second-order valence-corrected chi connectivity index (χ2v) is 10.3. The molecule has 0 radical (unpaired) electrons. The first-order chi connectivity index (χ1) is 15.8. The predicted molar refractivity (Wildman–Crippen MR) is 123 cm³/mol. The lowest BCUT2D eigenvalue weighted by Gasteiger charge is -2.28. The molecule has 1 saturated heterocycles. The third-order valence-corrected chi connectivity index (χ3v) is 6.97. The first-order valence-corrected chi connectivity index (χ1v) is 12.2. The summed E-state index contributed by atoms with van der Waals surface area (Å²) in [5.41, 5.74) is 2.36. The fourth-order valence-corrected chi connectivity index (χ4v) is 4.91. The van der Waals surface area contributed by atoms with Gasteiger partial charge in [-0.1, -0.05) is 0 Å². The molecule has 3 N–H and O–H groups in total. The van der Waals surface area contributed by atoms with Gasteiger partial charge in [0.25, 0.3) is 0 Å². The molecule has 0 bridgehead atoms. The summed E-state index contributed by atoms with van der Waals surface area (Å²) in [5.74, 6) is 0.935. The molecule has 1 aliphatic heterocycles. The maximum Gasteiger partial charge on any atom is 0.326 e. The van der Waals surface area contributed by atoms with Gasteiger partial charge in [0.1, 0.15) is 11.6 Å². The van der Waals surface area contributed by atoms with E-state index in [1.165, 1.54) is 6.07 Å². The minimum atomic E-state index is -3.06. The van der Waals surface area contributed by atoms with Gasteiger partial charge >= 0.3 is 6.01 Å². The molecule has 0 aliphatic carbocycles. The van der Waals surface area contributed by atoms with Crippen molar-refractivity contribution in [1.29, 1.82) is 0 Å². The van der Waals surface area contributed by atoms with Gasteiger partial charge in [0.15, 0.2) is 27.2 Å². The summed E-state index contributed by atoms with van der Waals surface area (Å²) >= 11 is 0. The van der Waals surface area contributed by atoms with Crippen LogP contribution in [0.5, 0.6) is 11.8 Å². The Morgan fingerprint density at radius 3 is 2.58 bits per heavy atom. The summed E-state index contributed by atoms with van der Waals surface area (Å²) < 4.78 is 44.5. The maximum absolute atomic E-state index is 15.1. The Kier molecular flexibility index (Phi) is 5.16. The van der Waals surface area contributed by atoms with Crippen LogP contribution >= 0.6 is 0 Å². The molecule has 1 aromatic carbocycles. The minimum absolute atomic E-state index is 0.0126. The number of hydrogen-bond acceptors (Lipinski definition) is 8. The quantitative estimate of drug-likeness (QED) is 0.405. The molecule has 33 heavy (non-hydrogen) atoms. The summed E-state index contributed by atoms with van der Waals surface area (Å²) in [4.78, 5) is 13.7. The highest BCUT2D eigenvalue weighted by molar-refractivity contribution is 7.91. The van der Waals surface area contributed by atoms with Gasteiger partial charge in [-0.25, -0.2) is 12.8 Å². The van der Waals surface area contributed by atoms with Gasteiger partial charge in [-0.15, -0.1) is 0 Å². The van der Waals surface area contributed by atoms with Crippen LogP contribution in [0.25, 0.3) is 10.9 Å². The van der Waals surface area contributed by atoms with E-state index in [2.05, 4.69) is 30.5 Å². The van der Waals surface area contributed by atoms with Crippen LogP contribution in [0.15, 0.2) is 30.3 Å². The average Bonchev–Trinajstić information content (AvgIpc) is 3.35. The zero-order valence-corrected chi connectivity index (χ0v) is 18.8. The fourth-order valence-electron chi connectivity index (χ4n) is 3.70. The van der Waals surface area contributed by atoms with E-state index < -0.39 is 15.7 Å². The number of ether oxygens (including phenoxy) is 1. The smallest absolute Gasteiger partial charge is 0.326 e. The number of fused-ring (bicyclic) bond motifs is 1. The first-order valence-electron chi connectivity index (χ1n) is 10.3. The van der Waals surface area contributed by atoms with E-state index in [1.54, 1.807) is 24.3 Å². The molecule has 0 amide bonds. The Bertz CT molecular complexity index is 1430. The SMILES string of the molecule is Cc1cc(Nc2cc(N3CCS(=O)(=O)CC3)nc(Oc3ccc4[nH]c(C)cc4c3F)n2)n[nH]1. The van der Waals surface area contributed by atoms with Crippen LogP contribution in [-0.2, 0) is 9.84 Å². The number of rotatable bonds is 5. The van der Waals surface area contributed by atoms with Crippen molar-refractivity contribution >= 4 is 38.2 Å². The molecular formula is C21H22FN7O3S. The third-order valence-electron chi connectivity index (χ3n) is 5.36. The van der Waals surface area contributed by atoms with Crippen LogP contribution in [0.2, 0.25) is 0 Å². The van der Waals surface area contributed by atoms with Crippen LogP contribution in [0.3, 0.4) is 0 Å². The molecule has 1 fully saturated rings. The van der Waals surface area contributed by atoms with E-state index in [-0.39, 0.29) is 23.3 Å². The molecule has 3 aromatic heterocycles. The molecule has 10 nitrogen and oxygen atoms in total. The maximum atomic E-state index is 15.1. The second kappa shape index (κ2) is 8.03. The van der Waals surface area contributed by atoms with Crippen molar-refractivity contribution in [3.63, 3.8) is 0 Å². The van der Waals surface area contributed by atoms with Crippen molar-refractivity contribution < 1.29 is 17.5 Å². The van der Waals surface area contributed by atoms with Crippen molar-refractivity contribution in [2.45, 2.75) is 13.8 Å². The highest BCUT2D eigenvalue weighted by Gasteiger charge is 2.24. The molecule has 12 heteroatoms. The molecular weight excluding hydrogens is 449 g/mol. The summed E-state index contributed by atoms with van der Waals surface area (Å²) in [6.07, 6.45) is 0. The number of aromatic amines is 2. The van der Waals surface area contributed by atoms with Crippen molar-refractivity contribution in [2.75, 3.05) is 34.8 Å². The van der Waals surface area contributed by atoms with Gasteiger partial charge in [0.2, 0.25) is 0 Å². The van der Waals surface area contributed by atoms with E-state index in [0.29, 0.717) is 41.4 Å². The lowest BCUT2D eigenvalue weighted by Crippen LogP contribution is -2.40. The fraction of sp³-hybridized carbons (Fsp3) is 0.286. The molecule has 1 aliphatic rings. The molecule has 0 atom stereocenters. The lowest BCUT2D eigenvalue weighted by atomic mass is 10.2. The minimum Gasteiger partial charge on any atom is -0.421 e. The number of aryl methyl sites for hydroxylation is 2. The van der Waals surface area contributed by atoms with Gasteiger partial charge < -0.3 is 19.9 Å². The number of H-pyrrole nitrogens is 2. The largest absolute Gasteiger partial charge is 0.421 e. The second-order valence-electron chi connectivity index (χ2n) is 7.99. The van der Waals surface area contributed by atoms with Crippen molar-refractivity contribution in [2.24, 2.45) is 0 Å². The standard InChI is InChI=1S/C21H22FN7O3S/c1-12-9-14-15(23-12)3-4-16(20(14)22)32-21-25-17(24-18-10-13(2)27-28-18)11-19(26-21)29-5-7-33(30,31)8-6-29/h3-4,9-11,23H,5-8H2,1-2H3,(H2,24,25,26,27,28). The third kappa shape index (κ3) is 4.46. The molecule has 4 aromatic rings. The summed E-state index contributed by atoms with van der Waals surface area (Å²) in [6, 6.07) is 8.37. The van der Waals surface area contributed by atoms with Gasteiger partial charge in [0.05, 0.1) is 11.5 Å². The average molecular weight is 472 g/mol. The number of sulfone groups is 1. The topological polar surface area (TPSA) is 129 Å². The van der Waals surface area contributed by atoms with Crippen LogP contribution in [0, 0.1) is 19.7 Å². The number of hydrogen-bond donors (Lipinski definition) is 3. The van der Waals surface area contributed by atoms with Crippen LogP contribution in [-0.4, -0.2) is 58.2 Å². The summed E-state index contributed by atoms with van der Waals surface area (Å²) in [5, 5.41) is 10.5. The molecule has 0 unspecified atom stereocenters. The number of aromatic nitrogens is 5. The number of nitrogens with one attached hydrogen (secondary N) is 3. The monoisotopic (exact) mass is 471 g/mol. The Labute approximate surface area is 189 Å². The Morgan fingerprint density at radius 2 is 1.85 bits per heavy atom. The molecule has 172 valence electrons. The molecule has 0 saturated carbocycles. The van der Waals surface area contributed by atoms with Crippen LogP contribution in [0.1, 0.15) is 11.4 Å². The van der Waals surface area contributed by atoms with E-state index >= 15 is 4.39 Å². The Morgan fingerprint density at radius 1 is 1.06 bits per heavy atom. The number of halogens is 1. The van der Waals surface area contributed by atoms with E-state index in [4.69, 9.17) is 4.74 Å². The number of anilines is 3. The highest BCUT2D eigenvalue weighted by Crippen LogP contribution is 2.31. The Balaban J connectivity index is 1.50. The van der Waals surface area contributed by atoms with E-state index in [9.17, 15) is 8.42 Å². The lowest BCUT2D eigenvalue weighted by molar-refractivity contribution is 0.414. The van der Waals surface area contributed by atoms with Gasteiger partial charge in [-0.2, -0.15) is 15.1 Å². The summed E-state index contributed by atoms with van der Waals surface area (Å²) in [6.45, 7) is 4.30. The number of nitrogens with zero attached hydrogens (tertiary/aromatic N) is 4. The van der Waals surface area contributed by atoms with Gasteiger partial charge in [-0.3, -0.25) is 5.10 Å². The predicted octanol–water partition coefficient (Wildman–Crippen LogP) is 3.21. The number of benzene rings is 1. The van der Waals surface area contributed by atoms with E-state index in [0.717, 1.165) is 11.4 Å². The zero-order valence-electron chi connectivity index (χ0n) is 18.0. The highest BCUT2D eigenvalue weighted by atomic mass is 32.2. The summed E-state index contributed by atoms with van der Waals surface area (Å²) in [7, 11) is -3.06. The zero-order chi connectivity index (χ0) is 23.2. The van der Waals surface area contributed by atoms with Gasteiger partial charge in [0, 0.05) is 47.5 Å². The van der Waals surface area contributed by atoms with E-state index in [1.807, 2.05) is 18.7 Å². The molecule has 5 rings (SSSR count). The molecule has 0 spiro atoms. The van der Waals surface area contributed by atoms with Gasteiger partial charge in [-0.05, 0) is 32.0 Å². The Hall–Kier alpha value is -3.67. The van der Waals surface area contributed by atoms with Crippen molar-refractivity contribution in [1.82, 2.24) is 25.1 Å². The molecule has 4 heterocycles. The van der Waals surface area contributed by atoms with Crippen molar-refractivity contribution in [3.8, 4) is 11.8 Å². The first kappa shape index (κ1) is 21.2. The van der Waals surface area contributed by atoms with Crippen LogP contribution in [0.4, 0.5) is 21.8 Å². The normalized spacial score (nSPS) is 15.7. The van der Waals surface area contributed by atoms with Crippen molar-refractivity contribution in [3.05, 3.63) is 47.5 Å².